The Labute approximate surface area is 93.3 Å². The van der Waals surface area contributed by atoms with Gasteiger partial charge in [0.15, 0.2) is 0 Å². The molecule has 0 spiro atoms. The van der Waals surface area contributed by atoms with Crippen LogP contribution in [0.2, 0.25) is 0 Å². The Bertz CT molecular complexity index is 341. The van der Waals surface area contributed by atoms with Gasteiger partial charge in [0.25, 0.3) is 0 Å². The minimum absolute atomic E-state index is 0.266. The van der Waals surface area contributed by atoms with E-state index in [-0.39, 0.29) is 5.75 Å². The average molecular weight is 284 g/mol. The minimum Gasteiger partial charge on any atom is -0.491 e. The highest BCUT2D eigenvalue weighted by molar-refractivity contribution is 9.10. The third kappa shape index (κ3) is 4.42. The second-order valence-electron chi connectivity index (χ2n) is 2.90. The van der Waals surface area contributed by atoms with Gasteiger partial charge in [-0.1, -0.05) is 15.9 Å². The van der Waals surface area contributed by atoms with Crippen molar-refractivity contribution >= 4 is 21.6 Å². The summed E-state index contributed by atoms with van der Waals surface area (Å²) < 4.78 is 41.1. The number of ether oxygens (including phenoxy) is 1. The molecule has 2 N–H and O–H groups in total. The molecule has 0 aliphatic rings. The Morgan fingerprint density at radius 2 is 2.00 bits per heavy atom. The van der Waals surface area contributed by atoms with Gasteiger partial charge in [0, 0.05) is 4.47 Å². The van der Waals surface area contributed by atoms with Crippen LogP contribution >= 0.6 is 15.9 Å². The average Bonchev–Trinajstić information content (AvgIpc) is 2.07. The standard InChI is InChI=1S/C9H9BrF3NO/c10-6-1-2-8(7(14)5-6)15-4-3-9(11,12)13/h1-2,5H,3-4,14H2. The number of hydrogen-bond acceptors (Lipinski definition) is 2. The molecule has 0 bridgehead atoms. The molecule has 1 aromatic rings. The van der Waals surface area contributed by atoms with E-state index >= 15 is 0 Å². The van der Waals surface area contributed by atoms with E-state index in [0.717, 1.165) is 4.47 Å². The highest BCUT2D eigenvalue weighted by Crippen LogP contribution is 2.26. The maximum atomic E-state index is 11.8. The van der Waals surface area contributed by atoms with Crippen LogP contribution in [0, 0.1) is 0 Å². The Morgan fingerprint density at radius 3 is 2.53 bits per heavy atom. The van der Waals surface area contributed by atoms with Gasteiger partial charge < -0.3 is 10.5 Å². The molecule has 6 heteroatoms. The number of nitrogen functional groups attached to an aromatic ring is 1. The van der Waals surface area contributed by atoms with E-state index < -0.39 is 19.2 Å². The van der Waals surface area contributed by atoms with Crippen molar-refractivity contribution in [1.82, 2.24) is 0 Å². The van der Waals surface area contributed by atoms with Crippen LogP contribution in [0.25, 0.3) is 0 Å². The van der Waals surface area contributed by atoms with Crippen molar-refractivity contribution < 1.29 is 17.9 Å². The molecule has 0 atom stereocenters. The molecule has 0 heterocycles. The molecular formula is C9H9BrF3NO. The zero-order valence-corrected chi connectivity index (χ0v) is 9.23. The molecule has 0 saturated carbocycles. The summed E-state index contributed by atoms with van der Waals surface area (Å²) in [5, 5.41) is 0. The van der Waals surface area contributed by atoms with E-state index in [0.29, 0.717) is 5.69 Å². The molecule has 0 aliphatic heterocycles. The van der Waals surface area contributed by atoms with Gasteiger partial charge in [0.05, 0.1) is 18.7 Å². The van der Waals surface area contributed by atoms with Crippen molar-refractivity contribution in [1.29, 1.82) is 0 Å². The summed E-state index contributed by atoms with van der Waals surface area (Å²) in [7, 11) is 0. The smallest absolute Gasteiger partial charge is 0.392 e. The van der Waals surface area contributed by atoms with Gasteiger partial charge in [-0.2, -0.15) is 13.2 Å². The van der Waals surface area contributed by atoms with Crippen molar-refractivity contribution in [3.8, 4) is 5.75 Å². The molecule has 0 amide bonds. The molecule has 1 aromatic carbocycles. The summed E-state index contributed by atoms with van der Waals surface area (Å²) in [4.78, 5) is 0. The maximum Gasteiger partial charge on any atom is 0.392 e. The van der Waals surface area contributed by atoms with Gasteiger partial charge >= 0.3 is 6.18 Å². The van der Waals surface area contributed by atoms with Gasteiger partial charge in [0.2, 0.25) is 0 Å². The predicted octanol–water partition coefficient (Wildman–Crippen LogP) is 3.36. The molecule has 0 fully saturated rings. The van der Waals surface area contributed by atoms with Crippen LogP contribution in [0.15, 0.2) is 22.7 Å². The Morgan fingerprint density at radius 1 is 1.33 bits per heavy atom. The van der Waals surface area contributed by atoms with Gasteiger partial charge in [-0.05, 0) is 18.2 Å². The Balaban J connectivity index is 2.51. The zero-order chi connectivity index (χ0) is 11.5. The zero-order valence-electron chi connectivity index (χ0n) is 7.64. The SMILES string of the molecule is Nc1cc(Br)ccc1OCCC(F)(F)F. The van der Waals surface area contributed by atoms with Crippen LogP contribution in [0.5, 0.6) is 5.75 Å². The van der Waals surface area contributed by atoms with Gasteiger partial charge in [-0.25, -0.2) is 0 Å². The van der Waals surface area contributed by atoms with Crippen molar-refractivity contribution in [2.45, 2.75) is 12.6 Å². The van der Waals surface area contributed by atoms with Crippen molar-refractivity contribution in [3.05, 3.63) is 22.7 Å². The molecule has 84 valence electrons. The third-order valence-electron chi connectivity index (χ3n) is 1.61. The lowest BCUT2D eigenvalue weighted by Crippen LogP contribution is -2.13. The predicted molar refractivity (Wildman–Crippen MR) is 54.7 cm³/mol. The van der Waals surface area contributed by atoms with E-state index in [1.165, 1.54) is 6.07 Å². The van der Waals surface area contributed by atoms with Crippen molar-refractivity contribution in [2.75, 3.05) is 12.3 Å². The first-order valence-electron chi connectivity index (χ1n) is 4.13. The lowest BCUT2D eigenvalue weighted by Gasteiger charge is -2.10. The molecule has 0 aromatic heterocycles. The number of halogens is 4. The number of anilines is 1. The van der Waals surface area contributed by atoms with E-state index in [1.807, 2.05) is 0 Å². The van der Waals surface area contributed by atoms with E-state index in [2.05, 4.69) is 15.9 Å². The molecule has 1 rings (SSSR count). The van der Waals surface area contributed by atoms with Gasteiger partial charge in [-0.3, -0.25) is 0 Å². The summed E-state index contributed by atoms with van der Waals surface area (Å²) >= 11 is 3.18. The van der Waals surface area contributed by atoms with Crippen LogP contribution in [0.1, 0.15) is 6.42 Å². The van der Waals surface area contributed by atoms with E-state index in [1.54, 1.807) is 12.1 Å². The molecule has 15 heavy (non-hydrogen) atoms. The highest BCUT2D eigenvalue weighted by Gasteiger charge is 2.26. The fourth-order valence-corrected chi connectivity index (χ4v) is 1.31. The number of alkyl halides is 3. The number of hydrogen-bond donors (Lipinski definition) is 1. The van der Waals surface area contributed by atoms with Crippen LogP contribution in [0.4, 0.5) is 18.9 Å². The Kier molecular flexibility index (Phi) is 3.84. The monoisotopic (exact) mass is 283 g/mol. The first kappa shape index (κ1) is 12.2. The molecule has 2 nitrogen and oxygen atoms in total. The van der Waals surface area contributed by atoms with Crippen LogP contribution < -0.4 is 10.5 Å². The van der Waals surface area contributed by atoms with Crippen LogP contribution in [-0.4, -0.2) is 12.8 Å². The van der Waals surface area contributed by atoms with Crippen molar-refractivity contribution in [2.24, 2.45) is 0 Å². The summed E-state index contributed by atoms with van der Waals surface area (Å²) in [5.41, 5.74) is 5.85. The van der Waals surface area contributed by atoms with Crippen LogP contribution in [0.3, 0.4) is 0 Å². The fourth-order valence-electron chi connectivity index (χ4n) is 0.927. The number of rotatable bonds is 3. The fraction of sp³-hybridized carbons (Fsp3) is 0.333. The van der Waals surface area contributed by atoms with Crippen LogP contribution in [-0.2, 0) is 0 Å². The minimum atomic E-state index is -4.20. The largest absolute Gasteiger partial charge is 0.491 e. The third-order valence-corrected chi connectivity index (χ3v) is 2.11. The van der Waals surface area contributed by atoms with E-state index in [9.17, 15) is 13.2 Å². The second kappa shape index (κ2) is 4.74. The number of nitrogens with two attached hydrogens (primary N) is 1. The second-order valence-corrected chi connectivity index (χ2v) is 3.81. The normalized spacial score (nSPS) is 11.5. The molecular weight excluding hydrogens is 275 g/mol. The molecule has 0 radical (unpaired) electrons. The molecule has 0 unspecified atom stereocenters. The summed E-state index contributed by atoms with van der Waals surface area (Å²) in [6.07, 6.45) is -5.19. The first-order chi connectivity index (χ1) is 6.88. The summed E-state index contributed by atoms with van der Waals surface area (Å²) in [6, 6.07) is 4.75. The lowest BCUT2D eigenvalue weighted by atomic mass is 10.3. The van der Waals surface area contributed by atoms with Crippen molar-refractivity contribution in [3.63, 3.8) is 0 Å². The highest BCUT2D eigenvalue weighted by atomic mass is 79.9. The topological polar surface area (TPSA) is 35.2 Å². The maximum absolute atomic E-state index is 11.8. The lowest BCUT2D eigenvalue weighted by molar-refractivity contribution is -0.139. The van der Waals surface area contributed by atoms with E-state index in [4.69, 9.17) is 10.5 Å². The quantitative estimate of drug-likeness (QED) is 0.864. The van der Waals surface area contributed by atoms with Gasteiger partial charge in [0.1, 0.15) is 5.75 Å². The summed E-state index contributed by atoms with van der Waals surface area (Å²) in [6.45, 7) is -0.421. The Hall–Kier alpha value is -0.910. The van der Waals surface area contributed by atoms with Gasteiger partial charge in [-0.15, -0.1) is 0 Å². The molecule has 0 aliphatic carbocycles. The number of benzene rings is 1. The molecule has 0 saturated heterocycles. The summed E-state index contributed by atoms with van der Waals surface area (Å²) in [5.74, 6) is 0.266. The first-order valence-corrected chi connectivity index (χ1v) is 4.92.